The van der Waals surface area contributed by atoms with Crippen molar-refractivity contribution in [3.8, 4) is 5.75 Å². The molecule has 0 aliphatic heterocycles. The van der Waals surface area contributed by atoms with Gasteiger partial charge < -0.3 is 20.7 Å². The van der Waals surface area contributed by atoms with Crippen molar-refractivity contribution < 1.29 is 19.7 Å². The van der Waals surface area contributed by atoms with Crippen molar-refractivity contribution in [3.63, 3.8) is 0 Å². The van der Waals surface area contributed by atoms with Gasteiger partial charge in [-0.1, -0.05) is 12.1 Å². The second-order valence-corrected chi connectivity index (χ2v) is 4.85. The van der Waals surface area contributed by atoms with E-state index >= 15 is 0 Å². The molecule has 0 bridgehead atoms. The standard InChI is InChI=1S/C12H17NO4S/c1-17-9-4-2-3-8(5-9)11(14)7-18-6-10(13)12(15)16/h2-5,10-11,14H,6-7,13H2,1H3,(H,15,16)/t10-,11?/m1/s1. The summed E-state index contributed by atoms with van der Waals surface area (Å²) < 4.78 is 5.06. The van der Waals surface area contributed by atoms with Gasteiger partial charge in [0.05, 0.1) is 13.2 Å². The van der Waals surface area contributed by atoms with Gasteiger partial charge in [0, 0.05) is 11.5 Å². The predicted molar refractivity (Wildman–Crippen MR) is 70.9 cm³/mol. The highest BCUT2D eigenvalue weighted by molar-refractivity contribution is 7.99. The molecule has 1 aromatic carbocycles. The Bertz CT molecular complexity index is 399. The van der Waals surface area contributed by atoms with Crippen LogP contribution in [0.4, 0.5) is 0 Å². The summed E-state index contributed by atoms with van der Waals surface area (Å²) in [7, 11) is 1.56. The van der Waals surface area contributed by atoms with E-state index in [0.717, 1.165) is 5.56 Å². The number of aliphatic carboxylic acids is 1. The summed E-state index contributed by atoms with van der Waals surface area (Å²) in [6.07, 6.45) is -0.661. The van der Waals surface area contributed by atoms with Crippen LogP contribution in [0.2, 0.25) is 0 Å². The molecule has 1 aromatic rings. The molecular weight excluding hydrogens is 254 g/mol. The summed E-state index contributed by atoms with van der Waals surface area (Å²) in [4.78, 5) is 10.5. The number of ether oxygens (including phenoxy) is 1. The number of benzene rings is 1. The molecule has 5 nitrogen and oxygen atoms in total. The van der Waals surface area contributed by atoms with Crippen molar-refractivity contribution in [2.24, 2.45) is 5.73 Å². The minimum Gasteiger partial charge on any atom is -0.497 e. The predicted octanol–water partition coefficient (Wildman–Crippen LogP) is 0.874. The topological polar surface area (TPSA) is 92.8 Å². The van der Waals surface area contributed by atoms with Gasteiger partial charge in [-0.3, -0.25) is 4.79 Å². The number of hydrogen-bond acceptors (Lipinski definition) is 5. The Kier molecular flexibility index (Phi) is 5.97. The van der Waals surface area contributed by atoms with Gasteiger partial charge in [0.15, 0.2) is 0 Å². The number of rotatable bonds is 7. The van der Waals surface area contributed by atoms with Crippen LogP contribution in [0.1, 0.15) is 11.7 Å². The first-order valence-corrected chi connectivity index (χ1v) is 6.58. The van der Waals surface area contributed by atoms with E-state index in [9.17, 15) is 9.90 Å². The Balaban J connectivity index is 2.44. The average molecular weight is 271 g/mol. The first-order chi connectivity index (χ1) is 8.54. The van der Waals surface area contributed by atoms with Gasteiger partial charge in [0.1, 0.15) is 11.8 Å². The highest BCUT2D eigenvalue weighted by Crippen LogP contribution is 2.22. The molecule has 0 saturated carbocycles. The molecule has 100 valence electrons. The first kappa shape index (κ1) is 14.8. The number of carboxylic acid groups (broad SMARTS) is 1. The third-order valence-electron chi connectivity index (χ3n) is 2.37. The summed E-state index contributed by atoms with van der Waals surface area (Å²) >= 11 is 1.31. The van der Waals surface area contributed by atoms with E-state index in [0.29, 0.717) is 11.5 Å². The number of carbonyl (C=O) groups is 1. The fourth-order valence-corrected chi connectivity index (χ4v) is 2.27. The fraction of sp³-hybridized carbons (Fsp3) is 0.417. The Hall–Kier alpha value is -1.24. The number of hydrogen-bond donors (Lipinski definition) is 3. The lowest BCUT2D eigenvalue weighted by atomic mass is 10.1. The molecule has 0 aromatic heterocycles. The van der Waals surface area contributed by atoms with Gasteiger partial charge in [-0.05, 0) is 17.7 Å². The number of aliphatic hydroxyl groups excluding tert-OH is 1. The lowest BCUT2D eigenvalue weighted by molar-refractivity contribution is -0.137. The summed E-state index contributed by atoms with van der Waals surface area (Å²) in [5.41, 5.74) is 6.11. The van der Waals surface area contributed by atoms with E-state index in [2.05, 4.69) is 0 Å². The maximum Gasteiger partial charge on any atom is 0.321 e. The monoisotopic (exact) mass is 271 g/mol. The van der Waals surface area contributed by atoms with Crippen LogP contribution >= 0.6 is 11.8 Å². The van der Waals surface area contributed by atoms with Crippen LogP contribution in [-0.4, -0.2) is 40.8 Å². The minimum absolute atomic E-state index is 0.274. The second-order valence-electron chi connectivity index (χ2n) is 3.77. The third kappa shape index (κ3) is 4.56. The zero-order valence-electron chi connectivity index (χ0n) is 10.1. The van der Waals surface area contributed by atoms with Crippen molar-refractivity contribution in [2.75, 3.05) is 18.6 Å². The molecule has 18 heavy (non-hydrogen) atoms. The highest BCUT2D eigenvalue weighted by Gasteiger charge is 2.13. The zero-order chi connectivity index (χ0) is 13.5. The van der Waals surface area contributed by atoms with Crippen molar-refractivity contribution in [2.45, 2.75) is 12.1 Å². The molecule has 0 aliphatic carbocycles. The normalized spacial score (nSPS) is 13.9. The van der Waals surface area contributed by atoms with E-state index in [1.54, 1.807) is 31.4 Å². The smallest absolute Gasteiger partial charge is 0.321 e. The summed E-state index contributed by atoms with van der Waals surface area (Å²) in [6, 6.07) is 6.25. The average Bonchev–Trinajstić information content (AvgIpc) is 2.38. The van der Waals surface area contributed by atoms with Crippen LogP contribution < -0.4 is 10.5 Å². The van der Waals surface area contributed by atoms with Crippen LogP contribution in [0.25, 0.3) is 0 Å². The van der Waals surface area contributed by atoms with E-state index in [4.69, 9.17) is 15.6 Å². The van der Waals surface area contributed by atoms with Crippen LogP contribution in [-0.2, 0) is 4.79 Å². The van der Waals surface area contributed by atoms with E-state index in [1.807, 2.05) is 0 Å². The molecule has 0 saturated heterocycles. The van der Waals surface area contributed by atoms with Crippen LogP contribution in [0.3, 0.4) is 0 Å². The Labute approximate surface area is 110 Å². The fourth-order valence-electron chi connectivity index (χ4n) is 1.32. The maximum atomic E-state index is 10.5. The lowest BCUT2D eigenvalue weighted by Crippen LogP contribution is -2.32. The van der Waals surface area contributed by atoms with Crippen LogP contribution in [0.15, 0.2) is 24.3 Å². The third-order valence-corrected chi connectivity index (χ3v) is 3.52. The quantitative estimate of drug-likeness (QED) is 0.681. The molecule has 1 rings (SSSR count). The molecular formula is C12H17NO4S. The van der Waals surface area contributed by atoms with Crippen molar-refractivity contribution in [3.05, 3.63) is 29.8 Å². The SMILES string of the molecule is COc1cccc(C(O)CSC[C@@H](N)C(=O)O)c1. The van der Waals surface area contributed by atoms with Gasteiger partial charge in [-0.2, -0.15) is 11.8 Å². The lowest BCUT2D eigenvalue weighted by Gasteiger charge is -2.12. The van der Waals surface area contributed by atoms with Gasteiger partial charge in [-0.25, -0.2) is 0 Å². The van der Waals surface area contributed by atoms with Crippen molar-refractivity contribution in [1.29, 1.82) is 0 Å². The molecule has 0 spiro atoms. The summed E-state index contributed by atoms with van der Waals surface area (Å²) in [5, 5.41) is 18.5. The van der Waals surface area contributed by atoms with E-state index < -0.39 is 18.1 Å². The minimum atomic E-state index is -1.03. The van der Waals surface area contributed by atoms with Gasteiger partial charge in [0.2, 0.25) is 0 Å². The zero-order valence-corrected chi connectivity index (χ0v) is 10.9. The van der Waals surface area contributed by atoms with Gasteiger partial charge in [-0.15, -0.1) is 0 Å². The molecule has 0 heterocycles. The van der Waals surface area contributed by atoms with E-state index in [-0.39, 0.29) is 5.75 Å². The Morgan fingerprint density at radius 2 is 2.22 bits per heavy atom. The largest absolute Gasteiger partial charge is 0.497 e. The Morgan fingerprint density at radius 1 is 1.50 bits per heavy atom. The highest BCUT2D eigenvalue weighted by atomic mass is 32.2. The van der Waals surface area contributed by atoms with Gasteiger partial charge in [0.25, 0.3) is 0 Å². The number of aliphatic hydroxyl groups is 1. The number of methoxy groups -OCH3 is 1. The molecule has 0 radical (unpaired) electrons. The Morgan fingerprint density at radius 3 is 2.83 bits per heavy atom. The first-order valence-electron chi connectivity index (χ1n) is 5.42. The molecule has 6 heteroatoms. The summed E-state index contributed by atoms with van der Waals surface area (Å²) in [5.74, 6) is 0.321. The van der Waals surface area contributed by atoms with Crippen molar-refractivity contribution >= 4 is 17.7 Å². The number of nitrogens with two attached hydrogens (primary N) is 1. The van der Waals surface area contributed by atoms with Crippen LogP contribution in [0, 0.1) is 0 Å². The molecule has 1 unspecified atom stereocenters. The molecule has 0 fully saturated rings. The van der Waals surface area contributed by atoms with Gasteiger partial charge >= 0.3 is 5.97 Å². The van der Waals surface area contributed by atoms with Crippen LogP contribution in [0.5, 0.6) is 5.75 Å². The van der Waals surface area contributed by atoms with Crippen molar-refractivity contribution in [1.82, 2.24) is 0 Å². The summed E-state index contributed by atoms with van der Waals surface area (Å²) in [6.45, 7) is 0. The molecule has 4 N–H and O–H groups in total. The maximum absolute atomic E-state index is 10.5. The van der Waals surface area contributed by atoms with E-state index in [1.165, 1.54) is 11.8 Å². The molecule has 0 aliphatic rings. The number of thioether (sulfide) groups is 1. The molecule has 0 amide bonds. The molecule has 2 atom stereocenters. The second kappa shape index (κ2) is 7.25. The number of carboxylic acids is 1.